The van der Waals surface area contributed by atoms with Crippen molar-refractivity contribution in [3.63, 3.8) is 0 Å². The van der Waals surface area contributed by atoms with E-state index in [9.17, 15) is 35.6 Å². The van der Waals surface area contributed by atoms with Gasteiger partial charge in [-0.2, -0.15) is 18.3 Å². The van der Waals surface area contributed by atoms with Crippen LogP contribution in [-0.4, -0.2) is 54.8 Å². The lowest BCUT2D eigenvalue weighted by Gasteiger charge is -2.36. The van der Waals surface area contributed by atoms with Crippen molar-refractivity contribution in [3.8, 4) is 17.0 Å². The zero-order chi connectivity index (χ0) is 28.2. The normalized spacial score (nSPS) is 18.4. The minimum Gasteiger partial charge on any atom is -0.484 e. The summed E-state index contributed by atoms with van der Waals surface area (Å²) in [6.45, 7) is -1.30. The fourth-order valence-corrected chi connectivity index (χ4v) is 5.54. The maximum absolute atomic E-state index is 13.6. The van der Waals surface area contributed by atoms with E-state index in [2.05, 4.69) is 15.7 Å². The summed E-state index contributed by atoms with van der Waals surface area (Å²) in [7, 11) is -3.67. The molecule has 0 saturated heterocycles. The van der Waals surface area contributed by atoms with Gasteiger partial charge in [-0.3, -0.25) is 14.3 Å². The number of sulfone groups is 1. The van der Waals surface area contributed by atoms with Crippen LogP contribution < -0.4 is 15.4 Å². The van der Waals surface area contributed by atoms with Gasteiger partial charge in [0, 0.05) is 11.8 Å². The van der Waals surface area contributed by atoms with Crippen LogP contribution in [-0.2, 0) is 33.1 Å². The number of benzene rings is 2. The number of carbonyl (C=O) groups excluding carboxylic acids is 2. The highest BCUT2D eigenvalue weighted by Crippen LogP contribution is 2.44. The number of hydrogen-bond donors (Lipinski definition) is 2. The number of amides is 2. The number of rotatable bonds is 6. The number of nitrogens with zero attached hydrogens (tertiary/aromatic N) is 2. The number of halogens is 4. The third-order valence-corrected chi connectivity index (χ3v) is 7.32. The zero-order valence-corrected chi connectivity index (χ0v) is 21.2. The third-order valence-electron chi connectivity index (χ3n) is 6.53. The molecule has 2 amide bonds. The minimum atomic E-state index is -4.48. The van der Waals surface area contributed by atoms with E-state index in [0.717, 1.165) is 6.26 Å². The fourth-order valence-electron chi connectivity index (χ4n) is 5.00. The molecule has 0 fully saturated rings. The van der Waals surface area contributed by atoms with Crippen LogP contribution in [0.4, 0.5) is 23.2 Å². The Morgan fingerprint density at radius 1 is 1.21 bits per heavy atom. The Labute approximate surface area is 220 Å². The molecule has 2 aliphatic rings. The molecule has 0 radical (unpaired) electrons. The number of alkyl halides is 3. The van der Waals surface area contributed by atoms with Crippen LogP contribution in [0.15, 0.2) is 42.5 Å². The van der Waals surface area contributed by atoms with Gasteiger partial charge >= 0.3 is 6.18 Å². The summed E-state index contributed by atoms with van der Waals surface area (Å²) >= 11 is 0. The van der Waals surface area contributed by atoms with Gasteiger partial charge in [-0.05, 0) is 60.4 Å². The summed E-state index contributed by atoms with van der Waals surface area (Å²) in [5.74, 6) is -2.75. The van der Waals surface area contributed by atoms with Crippen LogP contribution >= 0.6 is 0 Å². The fraction of sp³-hybridized carbons (Fsp3) is 0.320. The second-order valence-electron chi connectivity index (χ2n) is 9.61. The number of hydrogen-bond acceptors (Lipinski definition) is 6. The minimum absolute atomic E-state index is 0.0135. The summed E-state index contributed by atoms with van der Waals surface area (Å²) in [6, 6.07) is 9.73. The predicted octanol–water partition coefficient (Wildman–Crippen LogP) is 3.20. The second kappa shape index (κ2) is 9.36. The predicted molar refractivity (Wildman–Crippen MR) is 131 cm³/mol. The van der Waals surface area contributed by atoms with Crippen LogP contribution in [0, 0.1) is 5.82 Å². The van der Waals surface area contributed by atoms with Gasteiger partial charge in [0.05, 0.1) is 12.1 Å². The van der Waals surface area contributed by atoms with E-state index < -0.39 is 51.5 Å². The summed E-state index contributed by atoms with van der Waals surface area (Å²) in [5, 5.41) is 9.99. The van der Waals surface area contributed by atoms with Gasteiger partial charge < -0.3 is 15.4 Å². The first kappa shape index (κ1) is 26.7. The van der Waals surface area contributed by atoms with Crippen LogP contribution in [0.1, 0.15) is 28.0 Å². The topological polar surface area (TPSA) is 119 Å². The van der Waals surface area contributed by atoms with E-state index in [1.54, 1.807) is 6.07 Å². The molecule has 206 valence electrons. The Hall–Kier alpha value is -3.94. The van der Waals surface area contributed by atoms with Gasteiger partial charge in [-0.15, -0.1) is 0 Å². The Kier molecular flexibility index (Phi) is 6.40. The van der Waals surface area contributed by atoms with Crippen molar-refractivity contribution in [2.45, 2.75) is 31.1 Å². The molecule has 2 heterocycles. The van der Waals surface area contributed by atoms with Crippen LogP contribution in [0.25, 0.3) is 11.3 Å². The first-order valence-electron chi connectivity index (χ1n) is 11.7. The molecule has 1 aliphatic carbocycles. The van der Waals surface area contributed by atoms with Crippen molar-refractivity contribution in [3.05, 3.63) is 65.1 Å². The number of carbonyl (C=O) groups is 2. The first-order valence-corrected chi connectivity index (χ1v) is 13.8. The van der Waals surface area contributed by atoms with Crippen molar-refractivity contribution in [2.24, 2.45) is 0 Å². The van der Waals surface area contributed by atoms with Crippen molar-refractivity contribution in [2.75, 3.05) is 23.9 Å². The van der Waals surface area contributed by atoms with Gasteiger partial charge in [-0.25, -0.2) is 12.8 Å². The Morgan fingerprint density at radius 2 is 1.92 bits per heavy atom. The molecule has 0 unspecified atom stereocenters. The molecule has 14 heteroatoms. The van der Waals surface area contributed by atoms with Crippen molar-refractivity contribution >= 4 is 27.3 Å². The highest BCUT2D eigenvalue weighted by molar-refractivity contribution is 7.91. The van der Waals surface area contributed by atoms with Crippen molar-refractivity contribution < 1.29 is 40.3 Å². The summed E-state index contributed by atoms with van der Waals surface area (Å²) < 4.78 is 80.8. The molecule has 5 rings (SSSR count). The van der Waals surface area contributed by atoms with Crippen LogP contribution in [0.2, 0.25) is 0 Å². The molecule has 1 aliphatic heterocycles. The largest absolute Gasteiger partial charge is 0.484 e. The average molecular weight is 567 g/mol. The van der Waals surface area contributed by atoms with Crippen LogP contribution in [0.3, 0.4) is 0 Å². The van der Waals surface area contributed by atoms with Gasteiger partial charge in [0.1, 0.15) is 28.7 Å². The highest BCUT2D eigenvalue weighted by atomic mass is 32.2. The van der Waals surface area contributed by atoms with Gasteiger partial charge in [0.25, 0.3) is 5.91 Å². The number of ether oxygens (including phenoxy) is 1. The lowest BCUT2D eigenvalue weighted by molar-refractivity contribution is -0.153. The summed E-state index contributed by atoms with van der Waals surface area (Å²) in [6.07, 6.45) is -2.70. The summed E-state index contributed by atoms with van der Waals surface area (Å²) in [5.41, 5.74) is 0.981. The Balaban J connectivity index is 1.52. The lowest BCUT2D eigenvalue weighted by Crippen LogP contribution is -2.52. The average Bonchev–Trinajstić information content (AvgIpc) is 3.35. The van der Waals surface area contributed by atoms with E-state index in [0.29, 0.717) is 29.5 Å². The molecule has 2 aromatic carbocycles. The second-order valence-corrected chi connectivity index (χ2v) is 11.8. The van der Waals surface area contributed by atoms with Crippen LogP contribution in [0.5, 0.6) is 5.75 Å². The van der Waals surface area contributed by atoms with Gasteiger partial charge in [0.2, 0.25) is 5.91 Å². The molecule has 1 atom stereocenters. The van der Waals surface area contributed by atoms with E-state index in [1.807, 2.05) is 0 Å². The molecule has 0 saturated carbocycles. The molecule has 3 aromatic rings. The third kappa shape index (κ3) is 5.46. The number of anilines is 1. The number of aryl methyl sites for hydroxylation is 1. The maximum atomic E-state index is 13.6. The molecule has 1 aromatic heterocycles. The molecule has 39 heavy (non-hydrogen) atoms. The SMILES string of the molecule is CS(=O)(=O)CC(=O)Nc1c(-c2ccc(F)cc2)nn2c1C(=O)N[C@]1(CCc3cc(OCC(F)(F)F)ccc31)C2. The van der Waals surface area contributed by atoms with Crippen molar-refractivity contribution in [1.29, 1.82) is 0 Å². The standard InChI is InChI=1S/C25H22F4N4O5S/c1-39(36,37)11-19(34)30-21-20(14-2-4-16(26)5-3-14)32-33-12-24(31-23(35)22(21)33)9-8-15-10-17(6-7-18(15)24)38-13-25(27,28)29/h2-7,10H,8-9,11-13H2,1H3,(H,30,34)(H,31,35)/t24-/m1/s1. The maximum Gasteiger partial charge on any atom is 0.422 e. The smallest absolute Gasteiger partial charge is 0.422 e. The number of nitrogens with one attached hydrogen (secondary N) is 2. The van der Waals surface area contributed by atoms with E-state index in [-0.39, 0.29) is 29.4 Å². The van der Waals surface area contributed by atoms with Gasteiger partial charge in [0.15, 0.2) is 22.1 Å². The van der Waals surface area contributed by atoms with E-state index in [4.69, 9.17) is 4.74 Å². The lowest BCUT2D eigenvalue weighted by atomic mass is 9.89. The molecule has 1 spiro atoms. The molecule has 9 nitrogen and oxygen atoms in total. The molecular formula is C25H22F4N4O5S. The highest BCUT2D eigenvalue weighted by Gasteiger charge is 2.46. The first-order chi connectivity index (χ1) is 18.2. The number of aromatic nitrogens is 2. The Bertz CT molecular complexity index is 1580. The number of fused-ring (bicyclic) bond motifs is 3. The quantitative estimate of drug-likeness (QED) is 0.443. The zero-order valence-electron chi connectivity index (χ0n) is 20.4. The monoisotopic (exact) mass is 566 g/mol. The molecular weight excluding hydrogens is 544 g/mol. The van der Waals surface area contributed by atoms with E-state index in [1.165, 1.54) is 41.1 Å². The van der Waals surface area contributed by atoms with Gasteiger partial charge in [-0.1, -0.05) is 6.07 Å². The summed E-state index contributed by atoms with van der Waals surface area (Å²) in [4.78, 5) is 26.0. The Morgan fingerprint density at radius 3 is 2.59 bits per heavy atom. The molecule has 0 bridgehead atoms. The van der Waals surface area contributed by atoms with Crippen molar-refractivity contribution in [1.82, 2.24) is 15.1 Å². The van der Waals surface area contributed by atoms with E-state index >= 15 is 0 Å². The molecule has 2 N–H and O–H groups in total.